The summed E-state index contributed by atoms with van der Waals surface area (Å²) in [6, 6.07) is 60.9. The van der Waals surface area contributed by atoms with Gasteiger partial charge in [-0.15, -0.1) is 0 Å². The lowest BCUT2D eigenvalue weighted by Gasteiger charge is -2.35. The molecule has 1 aliphatic rings. The van der Waals surface area contributed by atoms with Crippen LogP contribution in [0.2, 0.25) is 0 Å². The Kier molecular flexibility index (Phi) is 5.95. The molecular weight excluding hydrogens is 659 g/mol. The number of nitrogens with zero attached hydrogens (tertiary/aromatic N) is 3. The molecular formula is C50H31N3O. The van der Waals surface area contributed by atoms with Crippen LogP contribution in [0.5, 0.6) is 0 Å². The van der Waals surface area contributed by atoms with E-state index >= 15 is 0 Å². The molecule has 0 radical (unpaired) electrons. The molecule has 0 unspecified atom stereocenters. The first-order valence-electron chi connectivity index (χ1n) is 18.5. The Labute approximate surface area is 310 Å². The smallest absolute Gasteiger partial charge is 0.162 e. The number of benzene rings is 8. The van der Waals surface area contributed by atoms with Crippen LogP contribution in [0.1, 0.15) is 5.56 Å². The van der Waals surface area contributed by atoms with Crippen LogP contribution < -0.4 is 4.90 Å². The zero-order valence-corrected chi connectivity index (χ0v) is 29.4. The SMILES string of the molecule is Cc1c(N2c3c(ccc4ccccc34)-c3cccc4cccc2c34)nc2c(oc3ccccc32)c1-c1cccc2c1c1ccccc1n2-c1ccccc1. The molecule has 11 aromatic rings. The normalized spacial score (nSPS) is 12.5. The van der Waals surface area contributed by atoms with Gasteiger partial charge in [-0.05, 0) is 71.3 Å². The Balaban J connectivity index is 1.26. The van der Waals surface area contributed by atoms with Crippen molar-refractivity contribution < 1.29 is 4.42 Å². The van der Waals surface area contributed by atoms with Crippen LogP contribution in [0.4, 0.5) is 17.2 Å². The summed E-state index contributed by atoms with van der Waals surface area (Å²) in [5, 5.41) is 8.21. The van der Waals surface area contributed by atoms with Crippen LogP contribution in [-0.4, -0.2) is 9.55 Å². The molecule has 0 saturated heterocycles. The minimum Gasteiger partial charge on any atom is -0.454 e. The van der Waals surface area contributed by atoms with Crippen molar-refractivity contribution in [3.05, 3.63) is 175 Å². The van der Waals surface area contributed by atoms with Gasteiger partial charge in [0.25, 0.3) is 0 Å². The van der Waals surface area contributed by atoms with E-state index in [9.17, 15) is 0 Å². The summed E-state index contributed by atoms with van der Waals surface area (Å²) >= 11 is 0. The van der Waals surface area contributed by atoms with Crippen molar-refractivity contribution in [2.75, 3.05) is 4.90 Å². The second kappa shape index (κ2) is 10.9. The van der Waals surface area contributed by atoms with E-state index in [0.717, 1.165) is 67.2 Å². The maximum atomic E-state index is 6.88. The fraction of sp³-hybridized carbons (Fsp3) is 0.0200. The lowest BCUT2D eigenvalue weighted by molar-refractivity contribution is 0.669. The fourth-order valence-corrected chi connectivity index (χ4v) is 9.19. The highest BCUT2D eigenvalue weighted by Crippen LogP contribution is 2.55. The first-order chi connectivity index (χ1) is 26.7. The monoisotopic (exact) mass is 689 g/mol. The van der Waals surface area contributed by atoms with Crippen LogP contribution >= 0.6 is 0 Å². The quantitative estimate of drug-likeness (QED) is 0.185. The number of para-hydroxylation sites is 3. The average molecular weight is 690 g/mol. The van der Waals surface area contributed by atoms with E-state index in [0.29, 0.717) is 0 Å². The molecule has 0 bridgehead atoms. The van der Waals surface area contributed by atoms with Crippen LogP contribution in [0, 0.1) is 6.92 Å². The summed E-state index contributed by atoms with van der Waals surface area (Å²) in [7, 11) is 0. The molecule has 3 aromatic heterocycles. The molecule has 12 rings (SSSR count). The summed E-state index contributed by atoms with van der Waals surface area (Å²) in [6.45, 7) is 2.23. The molecule has 0 saturated carbocycles. The largest absolute Gasteiger partial charge is 0.454 e. The minimum atomic E-state index is 0.801. The Morgan fingerprint density at radius 2 is 1.19 bits per heavy atom. The Morgan fingerprint density at radius 3 is 2.07 bits per heavy atom. The second-order valence-electron chi connectivity index (χ2n) is 14.3. The van der Waals surface area contributed by atoms with E-state index in [1.165, 1.54) is 49.0 Å². The Morgan fingerprint density at radius 1 is 0.500 bits per heavy atom. The summed E-state index contributed by atoms with van der Waals surface area (Å²) in [4.78, 5) is 8.09. The van der Waals surface area contributed by atoms with Gasteiger partial charge < -0.3 is 8.98 Å². The number of hydrogen-bond acceptors (Lipinski definition) is 3. The van der Waals surface area contributed by atoms with Crippen molar-refractivity contribution in [1.29, 1.82) is 0 Å². The summed E-state index contributed by atoms with van der Waals surface area (Å²) < 4.78 is 9.26. The molecule has 0 amide bonds. The number of fused-ring (bicyclic) bond motifs is 10. The average Bonchev–Trinajstić information content (AvgIpc) is 3.77. The predicted octanol–water partition coefficient (Wildman–Crippen LogP) is 13.8. The number of furan rings is 1. The first-order valence-corrected chi connectivity index (χ1v) is 18.5. The minimum absolute atomic E-state index is 0.801. The highest BCUT2D eigenvalue weighted by molar-refractivity contribution is 6.22. The van der Waals surface area contributed by atoms with Crippen LogP contribution in [-0.2, 0) is 0 Å². The van der Waals surface area contributed by atoms with Crippen molar-refractivity contribution >= 4 is 82.6 Å². The molecule has 252 valence electrons. The van der Waals surface area contributed by atoms with Gasteiger partial charge in [0.1, 0.15) is 16.9 Å². The van der Waals surface area contributed by atoms with Crippen molar-refractivity contribution in [3.63, 3.8) is 0 Å². The van der Waals surface area contributed by atoms with Crippen molar-refractivity contribution in [2.45, 2.75) is 6.92 Å². The number of anilines is 3. The van der Waals surface area contributed by atoms with Gasteiger partial charge in [-0.25, -0.2) is 4.98 Å². The zero-order chi connectivity index (χ0) is 35.5. The molecule has 0 fully saturated rings. The molecule has 4 heterocycles. The maximum Gasteiger partial charge on any atom is 0.162 e. The summed E-state index contributed by atoms with van der Waals surface area (Å²) in [6.07, 6.45) is 0. The van der Waals surface area contributed by atoms with Crippen molar-refractivity contribution in [2.24, 2.45) is 0 Å². The third-order valence-corrected chi connectivity index (χ3v) is 11.5. The number of aromatic nitrogens is 2. The fourth-order valence-electron chi connectivity index (χ4n) is 9.19. The maximum absolute atomic E-state index is 6.88. The predicted molar refractivity (Wildman–Crippen MR) is 225 cm³/mol. The van der Waals surface area contributed by atoms with Gasteiger partial charge in [-0.1, -0.05) is 127 Å². The first kappa shape index (κ1) is 29.4. The standard InChI is InChI=1S/C50H31N3O/c1-30-44(39-23-13-26-42-46(39)37-20-7-9-24-40(37)52(42)33-17-3-2-4-18-33)49-47(38-21-8-10-27-43(38)54-49)51-50(30)53-41-25-12-16-32-15-11-22-35(45(32)41)36-29-28-31-14-5-6-19-34(31)48(36)53/h2-29H,1H3. The zero-order valence-electron chi connectivity index (χ0n) is 29.4. The molecule has 1 aliphatic heterocycles. The number of hydrogen-bond donors (Lipinski definition) is 0. The highest BCUT2D eigenvalue weighted by Gasteiger charge is 2.32. The number of pyridine rings is 1. The van der Waals surface area contributed by atoms with Crippen molar-refractivity contribution in [3.8, 4) is 27.9 Å². The van der Waals surface area contributed by atoms with Gasteiger partial charge in [-0.3, -0.25) is 4.90 Å². The molecule has 0 N–H and O–H groups in total. The Bertz CT molecular complexity index is 3350. The third kappa shape index (κ3) is 3.89. The van der Waals surface area contributed by atoms with Gasteiger partial charge in [0.05, 0.1) is 22.4 Å². The second-order valence-corrected chi connectivity index (χ2v) is 14.3. The van der Waals surface area contributed by atoms with Gasteiger partial charge in [-0.2, -0.15) is 0 Å². The molecule has 4 heteroatoms. The van der Waals surface area contributed by atoms with E-state index in [1.54, 1.807) is 0 Å². The number of rotatable bonds is 3. The topological polar surface area (TPSA) is 34.2 Å². The van der Waals surface area contributed by atoms with Crippen LogP contribution in [0.25, 0.3) is 93.4 Å². The summed E-state index contributed by atoms with van der Waals surface area (Å²) in [5.41, 5.74) is 13.9. The molecule has 0 spiro atoms. The van der Waals surface area contributed by atoms with Crippen LogP contribution in [0.15, 0.2) is 174 Å². The lowest BCUT2D eigenvalue weighted by Crippen LogP contribution is -2.18. The Hall–Kier alpha value is -7.17. The molecule has 0 aliphatic carbocycles. The molecule has 8 aromatic carbocycles. The highest BCUT2D eigenvalue weighted by atomic mass is 16.3. The lowest BCUT2D eigenvalue weighted by atomic mass is 9.88. The van der Waals surface area contributed by atoms with E-state index in [2.05, 4.69) is 180 Å². The molecule has 54 heavy (non-hydrogen) atoms. The van der Waals surface area contributed by atoms with E-state index in [-0.39, 0.29) is 0 Å². The van der Waals surface area contributed by atoms with Gasteiger partial charge in [0.15, 0.2) is 5.58 Å². The van der Waals surface area contributed by atoms with Gasteiger partial charge >= 0.3 is 0 Å². The van der Waals surface area contributed by atoms with E-state index < -0.39 is 0 Å². The van der Waals surface area contributed by atoms with Gasteiger partial charge in [0, 0.05) is 49.3 Å². The van der Waals surface area contributed by atoms with E-state index in [1.807, 2.05) is 6.07 Å². The molecule has 4 nitrogen and oxygen atoms in total. The summed E-state index contributed by atoms with van der Waals surface area (Å²) in [5.74, 6) is 0.896. The van der Waals surface area contributed by atoms with E-state index in [4.69, 9.17) is 9.40 Å². The van der Waals surface area contributed by atoms with Crippen LogP contribution in [0.3, 0.4) is 0 Å². The third-order valence-electron chi connectivity index (χ3n) is 11.5. The molecule has 0 atom stereocenters. The van der Waals surface area contributed by atoms with Gasteiger partial charge in [0.2, 0.25) is 0 Å². The van der Waals surface area contributed by atoms with Crippen molar-refractivity contribution in [1.82, 2.24) is 9.55 Å².